The van der Waals surface area contributed by atoms with Gasteiger partial charge in [0.25, 0.3) is 0 Å². The van der Waals surface area contributed by atoms with E-state index in [1.165, 1.54) is 105 Å². The van der Waals surface area contributed by atoms with Crippen LogP contribution in [0, 0.1) is 17.8 Å². The highest BCUT2D eigenvalue weighted by Gasteiger charge is 2.47. The summed E-state index contributed by atoms with van der Waals surface area (Å²) in [5, 5.41) is 5.63. The van der Waals surface area contributed by atoms with E-state index in [4.69, 9.17) is 0 Å². The lowest BCUT2D eigenvalue weighted by atomic mass is 9.66. The van der Waals surface area contributed by atoms with E-state index in [9.17, 15) is 0 Å². The molecule has 6 aliphatic rings. The molecule has 5 aromatic rings. The Morgan fingerprint density at radius 2 is 1.30 bits per heavy atom. The Hall–Kier alpha value is -5.20. The second-order valence-electron chi connectivity index (χ2n) is 15.8. The first-order valence-corrected chi connectivity index (χ1v) is 18.6. The van der Waals surface area contributed by atoms with Gasteiger partial charge in [-0.2, -0.15) is 0 Å². The minimum absolute atomic E-state index is 0.327. The standard InChI is InChI=1S/C50H40/c1-27-18-20-33-25-41-47-36(21-19-28(2)43(47)37(33)22-27)49-44(31-12-7-5-8-13-31)42-26-40-39-24-30(4)29(3)23-38(39)34-16-11-17-35(46(34)40)48(42)45(50(41)49)32-14-9-6-10-15-32/h5-17,19,21-23,25-26,30,43,47H,18,20,24H2,1-4H3. The van der Waals surface area contributed by atoms with Gasteiger partial charge in [-0.3, -0.25) is 0 Å². The zero-order valence-corrected chi connectivity index (χ0v) is 29.3. The summed E-state index contributed by atoms with van der Waals surface area (Å²) in [7, 11) is 0. The summed E-state index contributed by atoms with van der Waals surface area (Å²) < 4.78 is 0. The van der Waals surface area contributed by atoms with E-state index >= 15 is 0 Å². The smallest absolute Gasteiger partial charge is 0.0208 e. The van der Waals surface area contributed by atoms with Crippen molar-refractivity contribution in [3.63, 3.8) is 0 Å². The van der Waals surface area contributed by atoms with E-state index in [-0.39, 0.29) is 0 Å². The first kappa shape index (κ1) is 28.6. The first-order chi connectivity index (χ1) is 24.5. The van der Waals surface area contributed by atoms with Crippen molar-refractivity contribution in [3.05, 3.63) is 165 Å². The normalized spacial score (nSPS) is 22.8. The van der Waals surface area contributed by atoms with Crippen LogP contribution in [0.25, 0.3) is 66.1 Å². The van der Waals surface area contributed by atoms with E-state index < -0.39 is 0 Å². The zero-order valence-electron chi connectivity index (χ0n) is 29.3. The van der Waals surface area contributed by atoms with Gasteiger partial charge in [0.05, 0.1) is 0 Å². The molecule has 0 bridgehead atoms. The molecule has 0 spiro atoms. The lowest BCUT2D eigenvalue weighted by Gasteiger charge is -2.37. The molecule has 50 heavy (non-hydrogen) atoms. The lowest BCUT2D eigenvalue weighted by Crippen LogP contribution is -2.24. The first-order valence-electron chi connectivity index (χ1n) is 18.6. The third-order valence-corrected chi connectivity index (χ3v) is 13.0. The Kier molecular flexibility index (Phi) is 5.82. The molecule has 6 aliphatic carbocycles. The molecule has 240 valence electrons. The van der Waals surface area contributed by atoms with Crippen LogP contribution >= 0.6 is 0 Å². The van der Waals surface area contributed by atoms with Crippen molar-refractivity contribution in [3.8, 4) is 22.3 Å². The van der Waals surface area contributed by atoms with Crippen LogP contribution < -0.4 is 0 Å². The topological polar surface area (TPSA) is 0 Å². The maximum Gasteiger partial charge on any atom is 0.0208 e. The quantitative estimate of drug-likeness (QED) is 0.168. The molecule has 0 aliphatic heterocycles. The number of rotatable bonds is 2. The van der Waals surface area contributed by atoms with E-state index in [1.54, 1.807) is 11.1 Å². The van der Waals surface area contributed by atoms with Gasteiger partial charge < -0.3 is 0 Å². The van der Waals surface area contributed by atoms with Crippen molar-refractivity contribution in [2.75, 3.05) is 0 Å². The van der Waals surface area contributed by atoms with Crippen molar-refractivity contribution in [1.82, 2.24) is 0 Å². The molecular formula is C50H40. The fourth-order valence-corrected chi connectivity index (χ4v) is 10.6. The van der Waals surface area contributed by atoms with Crippen molar-refractivity contribution < 1.29 is 0 Å². The van der Waals surface area contributed by atoms with Gasteiger partial charge in [-0.1, -0.05) is 133 Å². The number of hydrogen-bond donors (Lipinski definition) is 0. The molecule has 0 heteroatoms. The van der Waals surface area contributed by atoms with Gasteiger partial charge in [0.1, 0.15) is 0 Å². The van der Waals surface area contributed by atoms with Crippen molar-refractivity contribution >= 4 is 43.8 Å². The molecule has 0 saturated carbocycles. The van der Waals surface area contributed by atoms with Crippen molar-refractivity contribution in [2.24, 2.45) is 17.8 Å². The van der Waals surface area contributed by atoms with Crippen LogP contribution in [0.1, 0.15) is 69.2 Å². The Labute approximate surface area is 295 Å². The van der Waals surface area contributed by atoms with Crippen molar-refractivity contribution in [1.29, 1.82) is 0 Å². The second-order valence-corrected chi connectivity index (χ2v) is 15.8. The van der Waals surface area contributed by atoms with Gasteiger partial charge in [-0.25, -0.2) is 0 Å². The van der Waals surface area contributed by atoms with Crippen LogP contribution in [0.5, 0.6) is 0 Å². The minimum Gasteiger partial charge on any atom is -0.0727 e. The van der Waals surface area contributed by atoms with Crippen LogP contribution in [0.4, 0.5) is 0 Å². The highest BCUT2D eigenvalue weighted by Crippen LogP contribution is 2.64. The Balaban J connectivity index is 1.37. The van der Waals surface area contributed by atoms with Gasteiger partial charge in [0, 0.05) is 11.8 Å². The van der Waals surface area contributed by atoms with Crippen molar-refractivity contribution in [2.45, 2.75) is 47.0 Å². The number of benzene rings is 5. The van der Waals surface area contributed by atoms with Gasteiger partial charge in [-0.15, -0.1) is 0 Å². The molecule has 0 fully saturated rings. The summed E-state index contributed by atoms with van der Waals surface area (Å²) in [5.74, 6) is 1.26. The third kappa shape index (κ3) is 3.67. The average molecular weight is 641 g/mol. The van der Waals surface area contributed by atoms with Gasteiger partial charge in [0.2, 0.25) is 0 Å². The van der Waals surface area contributed by atoms with E-state index in [0.29, 0.717) is 17.8 Å². The molecule has 0 amide bonds. The highest BCUT2D eigenvalue weighted by molar-refractivity contribution is 6.30. The summed E-state index contributed by atoms with van der Waals surface area (Å²) in [6, 6.07) is 32.4. The summed E-state index contributed by atoms with van der Waals surface area (Å²) in [6.07, 6.45) is 16.0. The molecular weight excluding hydrogens is 601 g/mol. The van der Waals surface area contributed by atoms with Crippen LogP contribution in [0.3, 0.4) is 0 Å². The number of hydrogen-bond acceptors (Lipinski definition) is 0. The van der Waals surface area contributed by atoms with Gasteiger partial charge in [-0.05, 0) is 152 Å². The summed E-state index contributed by atoms with van der Waals surface area (Å²) in [5.41, 5.74) is 24.8. The van der Waals surface area contributed by atoms with Crippen LogP contribution in [-0.2, 0) is 0 Å². The largest absolute Gasteiger partial charge is 0.0727 e. The molecule has 5 aromatic carbocycles. The fourth-order valence-electron chi connectivity index (χ4n) is 10.6. The summed E-state index contributed by atoms with van der Waals surface area (Å²) in [6.45, 7) is 9.41. The summed E-state index contributed by atoms with van der Waals surface area (Å²) >= 11 is 0. The molecule has 11 rings (SSSR count). The van der Waals surface area contributed by atoms with Crippen LogP contribution in [-0.4, -0.2) is 0 Å². The number of allylic oxidation sites excluding steroid dienone is 14. The molecule has 0 aromatic heterocycles. The van der Waals surface area contributed by atoms with E-state index in [0.717, 1.165) is 19.3 Å². The molecule has 0 heterocycles. The average Bonchev–Trinajstić information content (AvgIpc) is 3.62. The van der Waals surface area contributed by atoms with Crippen LogP contribution in [0.15, 0.2) is 143 Å². The predicted octanol–water partition coefficient (Wildman–Crippen LogP) is 13.6. The van der Waals surface area contributed by atoms with Crippen LogP contribution in [0.2, 0.25) is 0 Å². The van der Waals surface area contributed by atoms with E-state index in [1.807, 2.05) is 0 Å². The Bertz CT molecular complexity index is 2620. The maximum absolute atomic E-state index is 2.64. The molecule has 3 unspecified atom stereocenters. The SMILES string of the molecule is CC1=CC2=C(C=C3c4c(c(-c5ccccc5)c5cc6c7c(cccc7c5c4-c4ccccc4)C4=C6CC(C)C(C)=C4)C4=CC=C(C)C2C43)CC1. The molecule has 0 radical (unpaired) electrons. The van der Waals surface area contributed by atoms with Gasteiger partial charge in [0.15, 0.2) is 0 Å². The molecule has 0 N–H and O–H groups in total. The highest BCUT2D eigenvalue weighted by atomic mass is 14.5. The lowest BCUT2D eigenvalue weighted by molar-refractivity contribution is 0.621. The molecule has 0 saturated heterocycles. The zero-order chi connectivity index (χ0) is 33.4. The second kappa shape index (κ2) is 10.2. The monoisotopic (exact) mass is 640 g/mol. The van der Waals surface area contributed by atoms with Gasteiger partial charge >= 0.3 is 0 Å². The third-order valence-electron chi connectivity index (χ3n) is 13.0. The predicted molar refractivity (Wildman–Crippen MR) is 213 cm³/mol. The minimum atomic E-state index is 0.327. The van der Waals surface area contributed by atoms with E-state index in [2.05, 4.69) is 143 Å². The maximum atomic E-state index is 2.64. The summed E-state index contributed by atoms with van der Waals surface area (Å²) in [4.78, 5) is 0. The Morgan fingerprint density at radius 3 is 2.08 bits per heavy atom. The molecule has 3 atom stereocenters. The Morgan fingerprint density at radius 1 is 0.560 bits per heavy atom. The number of fused-ring (bicyclic) bond motifs is 8. The fraction of sp³-hybridized carbons (Fsp3) is 0.200. The molecule has 0 nitrogen and oxygen atoms in total.